The van der Waals surface area contributed by atoms with E-state index in [1.54, 1.807) is 11.9 Å². The standard InChI is InChI=1S/C8H14N2O3/c1-6(3-11)10(2)8-9-7(4-12)5-13-8/h5-6,11-12H,3-4H2,1-2H3. The highest BCUT2D eigenvalue weighted by atomic mass is 16.4. The molecule has 2 N–H and O–H groups in total. The molecule has 1 atom stereocenters. The highest BCUT2D eigenvalue weighted by Gasteiger charge is 2.13. The average Bonchev–Trinajstić information content (AvgIpc) is 2.63. The first kappa shape index (κ1) is 10.0. The van der Waals surface area contributed by atoms with Gasteiger partial charge in [0.2, 0.25) is 0 Å². The number of aliphatic hydroxyl groups excluding tert-OH is 2. The van der Waals surface area contributed by atoms with Crippen molar-refractivity contribution in [1.29, 1.82) is 0 Å². The summed E-state index contributed by atoms with van der Waals surface area (Å²) in [6, 6.07) is 0.357. The van der Waals surface area contributed by atoms with E-state index in [-0.39, 0.29) is 19.3 Å². The zero-order valence-corrected chi connectivity index (χ0v) is 7.77. The summed E-state index contributed by atoms with van der Waals surface area (Å²) in [5.74, 6) is 0. The molecule has 74 valence electrons. The molecule has 1 unspecified atom stereocenters. The molecule has 5 heteroatoms. The quantitative estimate of drug-likeness (QED) is 0.691. The van der Waals surface area contributed by atoms with Gasteiger partial charge in [-0.1, -0.05) is 0 Å². The van der Waals surface area contributed by atoms with Gasteiger partial charge in [0.15, 0.2) is 0 Å². The highest BCUT2D eigenvalue weighted by molar-refractivity contribution is 5.26. The van der Waals surface area contributed by atoms with Gasteiger partial charge < -0.3 is 19.5 Å². The maximum atomic E-state index is 8.87. The zero-order valence-electron chi connectivity index (χ0n) is 7.77. The van der Waals surface area contributed by atoms with Crippen LogP contribution in [0.2, 0.25) is 0 Å². The maximum absolute atomic E-state index is 8.87. The second kappa shape index (κ2) is 4.25. The van der Waals surface area contributed by atoms with Gasteiger partial charge >= 0.3 is 0 Å². The first-order valence-electron chi connectivity index (χ1n) is 4.08. The molecule has 0 fully saturated rings. The van der Waals surface area contributed by atoms with Crippen molar-refractivity contribution in [2.24, 2.45) is 0 Å². The SMILES string of the molecule is CC(CO)N(C)c1nc(CO)co1. The summed E-state index contributed by atoms with van der Waals surface area (Å²) in [6.45, 7) is 1.75. The normalized spacial score (nSPS) is 12.9. The van der Waals surface area contributed by atoms with Gasteiger partial charge in [0, 0.05) is 7.05 Å². The molecule has 13 heavy (non-hydrogen) atoms. The summed E-state index contributed by atoms with van der Waals surface area (Å²) in [5, 5.41) is 17.6. The summed E-state index contributed by atoms with van der Waals surface area (Å²) in [7, 11) is 1.77. The van der Waals surface area contributed by atoms with E-state index in [9.17, 15) is 0 Å². The summed E-state index contributed by atoms with van der Waals surface area (Å²) in [5.41, 5.74) is 0.493. The molecule has 1 heterocycles. The first-order chi connectivity index (χ1) is 6.19. The van der Waals surface area contributed by atoms with Gasteiger partial charge in [-0.2, -0.15) is 4.98 Å². The van der Waals surface area contributed by atoms with Gasteiger partial charge in [-0.25, -0.2) is 0 Å². The Hall–Kier alpha value is -1.07. The minimum Gasteiger partial charge on any atom is -0.432 e. The number of aliphatic hydroxyl groups is 2. The molecule has 0 aliphatic heterocycles. The molecule has 0 aliphatic rings. The lowest BCUT2D eigenvalue weighted by Gasteiger charge is -2.20. The summed E-state index contributed by atoms with van der Waals surface area (Å²) >= 11 is 0. The number of hydrogen-bond acceptors (Lipinski definition) is 5. The van der Waals surface area contributed by atoms with E-state index in [0.29, 0.717) is 11.7 Å². The van der Waals surface area contributed by atoms with Crippen LogP contribution < -0.4 is 4.90 Å². The Morgan fingerprint density at radius 1 is 1.62 bits per heavy atom. The molecule has 0 bridgehead atoms. The van der Waals surface area contributed by atoms with Crippen LogP contribution >= 0.6 is 0 Å². The number of rotatable bonds is 4. The predicted molar refractivity (Wildman–Crippen MR) is 47.4 cm³/mol. The molecule has 1 aromatic rings. The Balaban J connectivity index is 2.70. The number of anilines is 1. The average molecular weight is 186 g/mol. The van der Waals surface area contributed by atoms with Crippen molar-refractivity contribution in [3.05, 3.63) is 12.0 Å². The molecule has 1 aromatic heterocycles. The van der Waals surface area contributed by atoms with E-state index >= 15 is 0 Å². The Kier molecular flexibility index (Phi) is 3.27. The van der Waals surface area contributed by atoms with Crippen molar-refractivity contribution >= 4 is 6.01 Å². The Labute approximate surface area is 76.6 Å². The van der Waals surface area contributed by atoms with Crippen LogP contribution in [0.4, 0.5) is 6.01 Å². The molecule has 5 nitrogen and oxygen atoms in total. The molecule has 0 aromatic carbocycles. The van der Waals surface area contributed by atoms with Gasteiger partial charge in [0.05, 0.1) is 19.3 Å². The number of oxazole rings is 1. The third-order valence-electron chi connectivity index (χ3n) is 1.93. The number of likely N-dealkylation sites (N-methyl/N-ethyl adjacent to an activating group) is 1. The second-order valence-corrected chi connectivity index (χ2v) is 2.92. The third-order valence-corrected chi connectivity index (χ3v) is 1.93. The number of aromatic nitrogens is 1. The van der Waals surface area contributed by atoms with E-state index in [1.807, 2.05) is 6.92 Å². The fourth-order valence-electron chi connectivity index (χ4n) is 0.842. The largest absolute Gasteiger partial charge is 0.432 e. The van der Waals surface area contributed by atoms with Crippen molar-refractivity contribution in [1.82, 2.24) is 4.98 Å². The number of nitrogens with zero attached hydrogens (tertiary/aromatic N) is 2. The Morgan fingerprint density at radius 3 is 2.77 bits per heavy atom. The molecule has 0 aliphatic carbocycles. The van der Waals surface area contributed by atoms with Crippen molar-refractivity contribution < 1.29 is 14.6 Å². The monoisotopic (exact) mass is 186 g/mol. The lowest BCUT2D eigenvalue weighted by atomic mass is 10.3. The lowest BCUT2D eigenvalue weighted by Crippen LogP contribution is -2.31. The van der Waals surface area contributed by atoms with Crippen LogP contribution in [0, 0.1) is 0 Å². The van der Waals surface area contributed by atoms with Crippen LogP contribution in [0.3, 0.4) is 0 Å². The summed E-state index contributed by atoms with van der Waals surface area (Å²) < 4.78 is 5.08. The van der Waals surface area contributed by atoms with E-state index in [4.69, 9.17) is 14.6 Å². The van der Waals surface area contributed by atoms with E-state index < -0.39 is 0 Å². The predicted octanol–water partition coefficient (Wildman–Crippen LogP) is -0.0161. The van der Waals surface area contributed by atoms with Crippen molar-refractivity contribution in [3.63, 3.8) is 0 Å². The minimum atomic E-state index is -0.134. The van der Waals surface area contributed by atoms with Gasteiger partial charge in [0.25, 0.3) is 6.01 Å². The fraction of sp³-hybridized carbons (Fsp3) is 0.625. The highest BCUT2D eigenvalue weighted by Crippen LogP contribution is 2.13. The Bertz CT molecular complexity index is 262. The minimum absolute atomic E-state index is 0.0351. The topological polar surface area (TPSA) is 69.7 Å². The van der Waals surface area contributed by atoms with Crippen molar-refractivity contribution in [2.45, 2.75) is 19.6 Å². The molecule has 0 spiro atoms. The lowest BCUT2D eigenvalue weighted by molar-refractivity contribution is 0.266. The molecule has 0 saturated heterocycles. The summed E-state index contributed by atoms with van der Waals surface area (Å²) in [4.78, 5) is 5.70. The van der Waals surface area contributed by atoms with Crippen LogP contribution in [0.5, 0.6) is 0 Å². The first-order valence-corrected chi connectivity index (χ1v) is 4.08. The number of hydrogen-bond donors (Lipinski definition) is 2. The molecule has 1 rings (SSSR count). The smallest absolute Gasteiger partial charge is 0.297 e. The third kappa shape index (κ3) is 2.19. The van der Waals surface area contributed by atoms with Crippen molar-refractivity contribution in [3.8, 4) is 0 Å². The molecule has 0 amide bonds. The molecular weight excluding hydrogens is 172 g/mol. The molecule has 0 radical (unpaired) electrons. The van der Waals surface area contributed by atoms with E-state index in [2.05, 4.69) is 4.98 Å². The van der Waals surface area contributed by atoms with Crippen LogP contribution in [0.25, 0.3) is 0 Å². The Morgan fingerprint density at radius 2 is 2.31 bits per heavy atom. The van der Waals surface area contributed by atoms with Crippen LogP contribution in [0.15, 0.2) is 10.7 Å². The van der Waals surface area contributed by atoms with Gasteiger partial charge in [-0.15, -0.1) is 0 Å². The zero-order chi connectivity index (χ0) is 9.84. The van der Waals surface area contributed by atoms with Gasteiger partial charge in [-0.3, -0.25) is 0 Å². The van der Waals surface area contributed by atoms with E-state index in [1.165, 1.54) is 6.26 Å². The van der Waals surface area contributed by atoms with Crippen LogP contribution in [0.1, 0.15) is 12.6 Å². The molecular formula is C8H14N2O3. The van der Waals surface area contributed by atoms with Gasteiger partial charge in [0.1, 0.15) is 12.0 Å². The maximum Gasteiger partial charge on any atom is 0.297 e. The van der Waals surface area contributed by atoms with Crippen LogP contribution in [-0.4, -0.2) is 34.9 Å². The van der Waals surface area contributed by atoms with Crippen LogP contribution in [-0.2, 0) is 6.61 Å². The molecule has 0 saturated carbocycles. The van der Waals surface area contributed by atoms with Gasteiger partial charge in [-0.05, 0) is 6.92 Å². The van der Waals surface area contributed by atoms with E-state index in [0.717, 1.165) is 0 Å². The van der Waals surface area contributed by atoms with Crippen molar-refractivity contribution in [2.75, 3.05) is 18.6 Å². The summed E-state index contributed by atoms with van der Waals surface area (Å²) in [6.07, 6.45) is 1.40. The second-order valence-electron chi connectivity index (χ2n) is 2.92. The fourth-order valence-corrected chi connectivity index (χ4v) is 0.842.